The molecule has 0 fully saturated rings. The van der Waals surface area contributed by atoms with Crippen molar-refractivity contribution in [3.8, 4) is 0 Å². The van der Waals surface area contributed by atoms with E-state index < -0.39 is 0 Å². The van der Waals surface area contributed by atoms with Gasteiger partial charge in [0.15, 0.2) is 0 Å². The third-order valence-electron chi connectivity index (χ3n) is 2.52. The van der Waals surface area contributed by atoms with Crippen molar-refractivity contribution >= 4 is 29.0 Å². The van der Waals surface area contributed by atoms with Crippen molar-refractivity contribution in [3.05, 3.63) is 23.8 Å². The van der Waals surface area contributed by atoms with E-state index in [2.05, 4.69) is 10.6 Å². The van der Waals surface area contributed by atoms with Crippen LogP contribution in [0.3, 0.4) is 0 Å². The molecule has 0 radical (unpaired) electrons. The maximum Gasteiger partial charge on any atom is 0.253 e. The number of aliphatic hydroxyl groups excluding tert-OH is 1. The summed E-state index contributed by atoms with van der Waals surface area (Å²) in [7, 11) is 1.60. The molecule has 0 aliphatic carbocycles. The van der Waals surface area contributed by atoms with E-state index in [4.69, 9.17) is 10.8 Å². The SMILES string of the molecule is CNC(=O)c1ccc(N)cc1NCCSCCCO. The molecule has 1 amide bonds. The van der Waals surface area contributed by atoms with Gasteiger partial charge < -0.3 is 21.5 Å². The average Bonchev–Trinajstić information content (AvgIpc) is 2.42. The van der Waals surface area contributed by atoms with Crippen LogP contribution in [-0.4, -0.2) is 42.7 Å². The topological polar surface area (TPSA) is 87.4 Å². The van der Waals surface area contributed by atoms with Crippen molar-refractivity contribution in [2.75, 3.05) is 42.8 Å². The zero-order valence-electron chi connectivity index (χ0n) is 11.1. The summed E-state index contributed by atoms with van der Waals surface area (Å²) in [5.74, 6) is 1.73. The largest absolute Gasteiger partial charge is 0.399 e. The molecule has 0 heterocycles. The highest BCUT2D eigenvalue weighted by molar-refractivity contribution is 7.99. The monoisotopic (exact) mass is 283 g/mol. The van der Waals surface area contributed by atoms with Crippen molar-refractivity contribution in [2.45, 2.75) is 6.42 Å². The fourth-order valence-electron chi connectivity index (χ4n) is 1.57. The lowest BCUT2D eigenvalue weighted by atomic mass is 10.1. The lowest BCUT2D eigenvalue weighted by molar-refractivity contribution is 0.0964. The van der Waals surface area contributed by atoms with Crippen molar-refractivity contribution in [3.63, 3.8) is 0 Å². The third kappa shape index (κ3) is 5.40. The van der Waals surface area contributed by atoms with Crippen LogP contribution >= 0.6 is 11.8 Å². The van der Waals surface area contributed by atoms with E-state index in [-0.39, 0.29) is 12.5 Å². The van der Waals surface area contributed by atoms with Crippen LogP contribution in [0.5, 0.6) is 0 Å². The van der Waals surface area contributed by atoms with Gasteiger partial charge in [-0.3, -0.25) is 4.79 Å². The van der Waals surface area contributed by atoms with Crippen LogP contribution in [0.15, 0.2) is 18.2 Å². The smallest absolute Gasteiger partial charge is 0.253 e. The van der Waals surface area contributed by atoms with Gasteiger partial charge in [0, 0.05) is 37.3 Å². The second kappa shape index (κ2) is 8.66. The first kappa shape index (κ1) is 15.7. The standard InChI is InChI=1S/C13H21N3O2S/c1-15-13(18)11-4-3-10(14)9-12(11)16-5-8-19-7-2-6-17/h3-4,9,16-17H,2,5-8,14H2,1H3,(H,15,18). The first-order valence-corrected chi connectivity index (χ1v) is 7.38. The highest BCUT2D eigenvalue weighted by Gasteiger charge is 2.09. The molecule has 0 saturated carbocycles. The molecule has 5 nitrogen and oxygen atoms in total. The van der Waals surface area contributed by atoms with Crippen LogP contribution < -0.4 is 16.4 Å². The number of carbonyl (C=O) groups is 1. The summed E-state index contributed by atoms with van der Waals surface area (Å²) in [6, 6.07) is 5.20. The van der Waals surface area contributed by atoms with Gasteiger partial charge in [-0.05, 0) is 30.4 Å². The van der Waals surface area contributed by atoms with Crippen LogP contribution in [0.2, 0.25) is 0 Å². The summed E-state index contributed by atoms with van der Waals surface area (Å²) in [4.78, 5) is 11.7. The Morgan fingerprint density at radius 2 is 2.21 bits per heavy atom. The molecule has 0 spiro atoms. The molecule has 0 bridgehead atoms. The molecular weight excluding hydrogens is 262 g/mol. The molecular formula is C13H21N3O2S. The molecule has 0 aromatic heterocycles. The minimum atomic E-state index is -0.129. The second-order valence-corrected chi connectivity index (χ2v) is 5.23. The summed E-state index contributed by atoms with van der Waals surface area (Å²) in [5.41, 5.74) is 7.71. The Bertz CT molecular complexity index is 413. The third-order valence-corrected chi connectivity index (χ3v) is 3.59. The minimum Gasteiger partial charge on any atom is -0.399 e. The van der Waals surface area contributed by atoms with Gasteiger partial charge in [0.05, 0.1) is 5.56 Å². The molecule has 19 heavy (non-hydrogen) atoms. The Balaban J connectivity index is 2.51. The quantitative estimate of drug-likeness (QED) is 0.425. The number of rotatable bonds is 8. The number of benzene rings is 1. The van der Waals surface area contributed by atoms with Gasteiger partial charge in [0.1, 0.15) is 0 Å². The summed E-state index contributed by atoms with van der Waals surface area (Å²) in [5, 5.41) is 14.5. The minimum absolute atomic E-state index is 0.129. The van der Waals surface area contributed by atoms with Crippen molar-refractivity contribution < 1.29 is 9.90 Å². The van der Waals surface area contributed by atoms with Gasteiger partial charge in [0.2, 0.25) is 0 Å². The Kier molecular flexibility index (Phi) is 7.14. The van der Waals surface area contributed by atoms with Crippen LogP contribution in [0.25, 0.3) is 0 Å². The average molecular weight is 283 g/mol. The van der Waals surface area contributed by atoms with E-state index in [1.807, 2.05) is 0 Å². The number of aliphatic hydroxyl groups is 1. The van der Waals surface area contributed by atoms with E-state index >= 15 is 0 Å². The number of nitrogens with two attached hydrogens (primary N) is 1. The molecule has 0 atom stereocenters. The Morgan fingerprint density at radius 3 is 2.89 bits per heavy atom. The molecule has 0 aliphatic rings. The van der Waals surface area contributed by atoms with Gasteiger partial charge >= 0.3 is 0 Å². The van der Waals surface area contributed by atoms with Crippen LogP contribution in [0.1, 0.15) is 16.8 Å². The molecule has 1 rings (SSSR count). The fourth-order valence-corrected chi connectivity index (χ4v) is 2.35. The zero-order chi connectivity index (χ0) is 14.1. The van der Waals surface area contributed by atoms with Crippen LogP contribution in [-0.2, 0) is 0 Å². The van der Waals surface area contributed by atoms with Crippen LogP contribution in [0, 0.1) is 0 Å². The number of nitrogens with one attached hydrogen (secondary N) is 2. The van der Waals surface area contributed by atoms with Gasteiger partial charge in [-0.25, -0.2) is 0 Å². The van der Waals surface area contributed by atoms with Gasteiger partial charge in [-0.2, -0.15) is 11.8 Å². The molecule has 0 unspecified atom stereocenters. The fraction of sp³-hybridized carbons (Fsp3) is 0.462. The molecule has 0 saturated heterocycles. The maximum atomic E-state index is 11.7. The molecule has 6 heteroatoms. The second-order valence-electron chi connectivity index (χ2n) is 4.00. The summed E-state index contributed by atoms with van der Waals surface area (Å²) < 4.78 is 0. The summed E-state index contributed by atoms with van der Waals surface area (Å²) in [6.45, 7) is 0.986. The number of hydrogen-bond donors (Lipinski definition) is 4. The Hall–Kier alpha value is -1.40. The highest BCUT2D eigenvalue weighted by Crippen LogP contribution is 2.19. The lowest BCUT2D eigenvalue weighted by Gasteiger charge is -2.12. The number of amides is 1. The zero-order valence-corrected chi connectivity index (χ0v) is 11.9. The van der Waals surface area contributed by atoms with Gasteiger partial charge in [-0.1, -0.05) is 0 Å². The number of thioether (sulfide) groups is 1. The molecule has 106 valence electrons. The molecule has 1 aromatic rings. The number of hydrogen-bond acceptors (Lipinski definition) is 5. The lowest BCUT2D eigenvalue weighted by Crippen LogP contribution is -2.20. The van der Waals surface area contributed by atoms with Crippen molar-refractivity contribution in [2.24, 2.45) is 0 Å². The predicted molar refractivity (Wildman–Crippen MR) is 81.8 cm³/mol. The van der Waals surface area contributed by atoms with E-state index in [9.17, 15) is 4.79 Å². The Morgan fingerprint density at radius 1 is 1.42 bits per heavy atom. The Labute approximate surface area is 118 Å². The number of carbonyl (C=O) groups excluding carboxylic acids is 1. The summed E-state index contributed by atoms with van der Waals surface area (Å²) in [6.07, 6.45) is 0.812. The van der Waals surface area contributed by atoms with E-state index in [1.54, 1.807) is 37.0 Å². The summed E-state index contributed by atoms with van der Waals surface area (Å²) >= 11 is 1.77. The highest BCUT2D eigenvalue weighted by atomic mass is 32.2. The number of nitrogen functional groups attached to an aromatic ring is 1. The molecule has 1 aromatic carbocycles. The van der Waals surface area contributed by atoms with E-state index in [1.165, 1.54) is 0 Å². The molecule has 0 aliphatic heterocycles. The van der Waals surface area contributed by atoms with E-state index in [0.717, 1.165) is 30.2 Å². The first-order chi connectivity index (χ1) is 9.19. The van der Waals surface area contributed by atoms with Crippen molar-refractivity contribution in [1.29, 1.82) is 0 Å². The van der Waals surface area contributed by atoms with Gasteiger partial charge in [0.25, 0.3) is 5.91 Å². The number of anilines is 2. The van der Waals surface area contributed by atoms with Crippen molar-refractivity contribution in [1.82, 2.24) is 5.32 Å². The maximum absolute atomic E-state index is 11.7. The van der Waals surface area contributed by atoms with E-state index in [0.29, 0.717) is 11.3 Å². The normalized spacial score (nSPS) is 10.2. The van der Waals surface area contributed by atoms with Crippen LogP contribution in [0.4, 0.5) is 11.4 Å². The molecule has 5 N–H and O–H groups in total. The first-order valence-electron chi connectivity index (χ1n) is 6.23. The van der Waals surface area contributed by atoms with Gasteiger partial charge in [-0.15, -0.1) is 0 Å². The predicted octanol–water partition coefficient (Wildman–Crippen LogP) is 1.16.